The van der Waals surface area contributed by atoms with E-state index < -0.39 is 5.97 Å². The summed E-state index contributed by atoms with van der Waals surface area (Å²) < 4.78 is 27.3. The van der Waals surface area contributed by atoms with Crippen molar-refractivity contribution in [2.24, 2.45) is 0 Å². The summed E-state index contributed by atoms with van der Waals surface area (Å²) in [5.41, 5.74) is 11.1. The normalized spacial score (nSPS) is 11.7. The van der Waals surface area contributed by atoms with Crippen molar-refractivity contribution in [3.8, 4) is 57.1 Å². The highest BCUT2D eigenvalue weighted by molar-refractivity contribution is 5.98. The molecule has 10 heteroatoms. The van der Waals surface area contributed by atoms with Crippen LogP contribution in [0.1, 0.15) is 226 Å². The quantitative estimate of drug-likeness (QED) is 0.0264. The summed E-state index contributed by atoms with van der Waals surface area (Å²) >= 11 is 0. The van der Waals surface area contributed by atoms with Gasteiger partial charge >= 0.3 is 5.97 Å². The lowest BCUT2D eigenvalue weighted by Gasteiger charge is -2.18. The van der Waals surface area contributed by atoms with E-state index in [0.717, 1.165) is 136 Å². The third kappa shape index (κ3) is 18.0. The van der Waals surface area contributed by atoms with Gasteiger partial charge in [-0.2, -0.15) is 0 Å². The number of aromatic amines is 2. The minimum Gasteiger partial charge on any atom is -0.493 e. The minimum atomic E-state index is -0.989. The molecule has 5 heterocycles. The number of hydrogen-bond donors (Lipinski definition) is 3. The summed E-state index contributed by atoms with van der Waals surface area (Å²) in [5, 5.41) is 9.74. The average Bonchev–Trinajstić information content (AvgIpc) is 4.40. The molecule has 0 spiro atoms. The summed E-state index contributed by atoms with van der Waals surface area (Å²) in [5.74, 6) is 8.89. The minimum absolute atomic E-state index is 0.197. The van der Waals surface area contributed by atoms with Crippen molar-refractivity contribution in [1.29, 1.82) is 0 Å². The molecule has 3 aromatic heterocycles. The molecule has 438 valence electrons. The second-order valence-corrected chi connectivity index (χ2v) is 22.2. The van der Waals surface area contributed by atoms with E-state index in [1.165, 1.54) is 103 Å². The van der Waals surface area contributed by atoms with Gasteiger partial charge in [-0.15, -0.1) is 0 Å². The first-order valence-corrected chi connectivity index (χ1v) is 31.7. The second kappa shape index (κ2) is 33.6. The Kier molecular flexibility index (Phi) is 24.9. The number of aromatic carboxylic acids is 1. The molecule has 3 N–H and O–H groups in total. The Bertz CT molecular complexity index is 3160. The molecule has 0 fully saturated rings. The highest BCUT2D eigenvalue weighted by Crippen LogP contribution is 2.45. The SMILES string of the molecule is CCCCCCCCOc1cccc(OCCCCCCCC)c1-c1c2nc(c(C#Cc3ccc(C(=O)O)cc3)c3ccc([nH]3)c(-c3c(OCCCCCCCC)cccc3OCCCCCCCC)c3nc(cc4ccc1[nH]4)C=C3)C=C2. The summed E-state index contributed by atoms with van der Waals surface area (Å²) in [6.07, 6.45) is 36.1. The highest BCUT2D eigenvalue weighted by Gasteiger charge is 2.24. The fourth-order valence-corrected chi connectivity index (χ4v) is 10.9. The Morgan fingerprint density at radius 3 is 1.31 bits per heavy atom. The van der Waals surface area contributed by atoms with Crippen molar-refractivity contribution < 1.29 is 28.8 Å². The predicted molar refractivity (Wildman–Crippen MR) is 345 cm³/mol. The number of unbranched alkanes of at least 4 members (excludes halogenated alkanes) is 20. The number of rotatable bonds is 35. The lowest BCUT2D eigenvalue weighted by atomic mass is 10.0. The maximum atomic E-state index is 11.9. The maximum absolute atomic E-state index is 11.9. The zero-order valence-corrected chi connectivity index (χ0v) is 50.2. The number of nitrogens with one attached hydrogen (secondary N) is 2. The van der Waals surface area contributed by atoms with Gasteiger partial charge < -0.3 is 34.0 Å². The van der Waals surface area contributed by atoms with Crippen molar-refractivity contribution in [2.75, 3.05) is 26.4 Å². The van der Waals surface area contributed by atoms with Gasteiger partial charge in [-0.25, -0.2) is 14.8 Å². The lowest BCUT2D eigenvalue weighted by Crippen LogP contribution is -2.04. The van der Waals surface area contributed by atoms with Crippen LogP contribution in [-0.4, -0.2) is 57.4 Å². The number of carboxylic acids is 1. The molecular formula is C73H90N4O6. The summed E-state index contributed by atoms with van der Waals surface area (Å²) in [7, 11) is 0. The van der Waals surface area contributed by atoms with Crippen LogP contribution in [0.25, 0.3) is 68.6 Å². The number of fused-ring (bicyclic) bond motifs is 8. The van der Waals surface area contributed by atoms with E-state index in [2.05, 4.69) is 122 Å². The smallest absolute Gasteiger partial charge is 0.335 e. The number of benzene rings is 3. The van der Waals surface area contributed by atoms with Crippen LogP contribution in [0.4, 0.5) is 0 Å². The van der Waals surface area contributed by atoms with Gasteiger partial charge in [0.2, 0.25) is 0 Å². The zero-order chi connectivity index (χ0) is 57.9. The van der Waals surface area contributed by atoms with Crippen LogP contribution < -0.4 is 18.9 Å². The molecule has 2 aliphatic rings. The number of nitrogens with zero attached hydrogens (tertiary/aromatic N) is 2. The third-order valence-electron chi connectivity index (χ3n) is 15.5. The van der Waals surface area contributed by atoms with E-state index in [-0.39, 0.29) is 5.56 Å². The van der Waals surface area contributed by atoms with Crippen molar-refractivity contribution in [3.63, 3.8) is 0 Å². The molecule has 0 saturated heterocycles. The molecule has 0 atom stereocenters. The van der Waals surface area contributed by atoms with Crippen LogP contribution >= 0.6 is 0 Å². The van der Waals surface area contributed by atoms with Crippen molar-refractivity contribution in [2.45, 2.75) is 182 Å². The van der Waals surface area contributed by atoms with E-state index >= 15 is 0 Å². The number of H-pyrrole nitrogens is 2. The van der Waals surface area contributed by atoms with E-state index in [1.807, 2.05) is 18.2 Å². The first kappa shape index (κ1) is 61.6. The van der Waals surface area contributed by atoms with Crippen LogP contribution in [0.2, 0.25) is 0 Å². The number of carbonyl (C=O) groups is 1. The molecule has 83 heavy (non-hydrogen) atoms. The van der Waals surface area contributed by atoms with Crippen molar-refractivity contribution in [1.82, 2.24) is 19.9 Å². The van der Waals surface area contributed by atoms with E-state index in [1.54, 1.807) is 24.3 Å². The summed E-state index contributed by atoms with van der Waals surface area (Å²) in [6.45, 7) is 11.3. The van der Waals surface area contributed by atoms with Gasteiger partial charge in [0.15, 0.2) is 0 Å². The Morgan fingerprint density at radius 1 is 0.422 bits per heavy atom. The molecule has 0 radical (unpaired) electrons. The summed E-state index contributed by atoms with van der Waals surface area (Å²) in [6, 6.07) is 29.4. The fourth-order valence-electron chi connectivity index (χ4n) is 10.9. The highest BCUT2D eigenvalue weighted by atomic mass is 16.5. The Balaban J connectivity index is 1.33. The fraction of sp³-hybridized carbons (Fsp3) is 0.438. The van der Waals surface area contributed by atoms with Crippen LogP contribution in [0.3, 0.4) is 0 Å². The topological polar surface area (TPSA) is 132 Å². The van der Waals surface area contributed by atoms with Crippen LogP contribution in [0.5, 0.6) is 23.0 Å². The Hall–Kier alpha value is -7.51. The standard InChI is InChI=1S/C73H90N4O6/c1-5-9-13-17-21-25-49-80-65-31-29-32-66(81-50-26-22-18-14-10-6-2)71(65)69-61-43-40-56(74-61)53-57-41-44-62(75-57)70(72-67(82-51-27-23-19-15-11-7-3)33-30-34-68(72)83-52-28-24-20-16-12-8-4)64-48-46-60(77-64)58(59-45-47-63(69)76-59)42-37-54-35-38-55(39-36-54)73(78)79/h29-36,38-41,43-48,53,74,77H,5-28,49-52H2,1-4H3,(H,78,79). The van der Waals surface area contributed by atoms with Gasteiger partial charge in [-0.05, 0) is 129 Å². The van der Waals surface area contributed by atoms with Gasteiger partial charge in [0.05, 0.1) is 77.0 Å². The molecule has 0 amide bonds. The molecule has 0 unspecified atom stereocenters. The van der Waals surface area contributed by atoms with Crippen molar-refractivity contribution >= 4 is 52.3 Å². The zero-order valence-electron chi connectivity index (χ0n) is 50.2. The molecular weight excluding hydrogens is 1030 g/mol. The lowest BCUT2D eigenvalue weighted by molar-refractivity contribution is 0.0696. The second-order valence-electron chi connectivity index (χ2n) is 22.2. The van der Waals surface area contributed by atoms with E-state index in [4.69, 9.17) is 28.9 Å². The van der Waals surface area contributed by atoms with E-state index in [9.17, 15) is 9.90 Å². The third-order valence-corrected chi connectivity index (χ3v) is 15.5. The Morgan fingerprint density at radius 2 is 0.831 bits per heavy atom. The summed E-state index contributed by atoms with van der Waals surface area (Å²) in [4.78, 5) is 30.5. The first-order chi connectivity index (χ1) is 40.9. The average molecular weight is 1120 g/mol. The number of carboxylic acid groups (broad SMARTS) is 1. The van der Waals surface area contributed by atoms with Crippen molar-refractivity contribution in [3.05, 3.63) is 130 Å². The largest absolute Gasteiger partial charge is 0.493 e. The molecule has 0 saturated carbocycles. The molecule has 6 aromatic rings. The van der Waals surface area contributed by atoms with Crippen LogP contribution in [-0.2, 0) is 0 Å². The van der Waals surface area contributed by atoms with Crippen LogP contribution in [0.15, 0.2) is 91.0 Å². The maximum Gasteiger partial charge on any atom is 0.335 e. The molecule has 0 aliphatic carbocycles. The van der Waals surface area contributed by atoms with Gasteiger partial charge in [-0.3, -0.25) is 0 Å². The molecule has 10 nitrogen and oxygen atoms in total. The number of aromatic nitrogens is 4. The van der Waals surface area contributed by atoms with Gasteiger partial charge in [-0.1, -0.05) is 180 Å². The molecule has 8 rings (SSSR count). The Labute approximate surface area is 494 Å². The molecule has 2 aliphatic heterocycles. The van der Waals surface area contributed by atoms with Gasteiger partial charge in [0.1, 0.15) is 23.0 Å². The predicted octanol–water partition coefficient (Wildman–Crippen LogP) is 20.0. The molecule has 3 aromatic carbocycles. The van der Waals surface area contributed by atoms with Gasteiger partial charge in [0, 0.05) is 33.2 Å². The first-order valence-electron chi connectivity index (χ1n) is 31.7. The molecule has 8 bridgehead atoms. The number of ether oxygens (including phenoxy) is 4. The van der Waals surface area contributed by atoms with E-state index in [0.29, 0.717) is 43.2 Å². The monoisotopic (exact) mass is 1120 g/mol. The van der Waals surface area contributed by atoms with Gasteiger partial charge in [0.25, 0.3) is 0 Å². The number of hydrogen-bond acceptors (Lipinski definition) is 7. The van der Waals surface area contributed by atoms with Crippen LogP contribution in [0, 0.1) is 11.8 Å².